The van der Waals surface area contributed by atoms with Crippen molar-refractivity contribution >= 4 is 5.78 Å². The second-order valence-corrected chi connectivity index (χ2v) is 3.27. The summed E-state index contributed by atoms with van der Waals surface area (Å²) in [6.45, 7) is 1.99. The van der Waals surface area contributed by atoms with E-state index in [4.69, 9.17) is 10.5 Å². The minimum absolute atomic E-state index is 0.0206. The molecule has 1 aromatic rings. The summed E-state index contributed by atoms with van der Waals surface area (Å²) in [5, 5.41) is 9.76. The first-order chi connectivity index (χ1) is 7.11. The van der Waals surface area contributed by atoms with Crippen LogP contribution >= 0.6 is 0 Å². The highest BCUT2D eigenvalue weighted by Gasteiger charge is 2.17. The Balaban J connectivity index is 3.23. The van der Waals surface area contributed by atoms with Gasteiger partial charge in [0.25, 0.3) is 0 Å². The summed E-state index contributed by atoms with van der Waals surface area (Å²) in [6.07, 6.45) is 0.202. The van der Waals surface area contributed by atoms with E-state index in [1.54, 1.807) is 19.1 Å². The van der Waals surface area contributed by atoms with Gasteiger partial charge in [-0.2, -0.15) is 0 Å². The van der Waals surface area contributed by atoms with Gasteiger partial charge in [-0.1, -0.05) is 6.07 Å². The van der Waals surface area contributed by atoms with Crippen molar-refractivity contribution in [3.63, 3.8) is 0 Å². The average molecular weight is 209 g/mol. The maximum Gasteiger partial charge on any atom is 0.171 e. The second kappa shape index (κ2) is 4.79. The first-order valence-corrected chi connectivity index (χ1v) is 4.71. The van der Waals surface area contributed by atoms with Gasteiger partial charge in [-0.3, -0.25) is 4.79 Å². The molecule has 82 valence electrons. The Kier molecular flexibility index (Phi) is 3.68. The monoisotopic (exact) mass is 209 g/mol. The summed E-state index contributed by atoms with van der Waals surface area (Å²) >= 11 is 0. The average Bonchev–Trinajstić information content (AvgIpc) is 2.22. The van der Waals surface area contributed by atoms with E-state index in [0.29, 0.717) is 11.3 Å². The molecule has 0 saturated carbocycles. The molecule has 0 bridgehead atoms. The van der Waals surface area contributed by atoms with E-state index < -0.39 is 0 Å². The van der Waals surface area contributed by atoms with Crippen molar-refractivity contribution in [3.05, 3.63) is 23.3 Å². The van der Waals surface area contributed by atoms with Crippen molar-refractivity contribution in [2.24, 2.45) is 5.73 Å². The molecular weight excluding hydrogens is 194 g/mol. The van der Waals surface area contributed by atoms with Gasteiger partial charge in [-0.15, -0.1) is 0 Å². The lowest BCUT2D eigenvalue weighted by Crippen LogP contribution is -2.10. The van der Waals surface area contributed by atoms with Crippen LogP contribution in [0.4, 0.5) is 0 Å². The van der Waals surface area contributed by atoms with Crippen LogP contribution in [-0.4, -0.2) is 24.5 Å². The summed E-state index contributed by atoms with van der Waals surface area (Å²) in [5.74, 6) is 0.167. The van der Waals surface area contributed by atoms with Crippen LogP contribution in [0.1, 0.15) is 22.3 Å². The molecule has 4 nitrogen and oxygen atoms in total. The molecule has 0 radical (unpaired) electrons. The summed E-state index contributed by atoms with van der Waals surface area (Å²) in [7, 11) is 1.46. The molecule has 4 heteroatoms. The third-order valence-electron chi connectivity index (χ3n) is 2.21. The third kappa shape index (κ3) is 2.27. The number of hydrogen-bond donors (Lipinski definition) is 2. The van der Waals surface area contributed by atoms with Crippen LogP contribution in [0.5, 0.6) is 11.5 Å². The molecule has 0 heterocycles. The lowest BCUT2D eigenvalue weighted by Gasteiger charge is -2.10. The maximum atomic E-state index is 11.7. The molecule has 0 unspecified atom stereocenters. The number of rotatable bonds is 4. The van der Waals surface area contributed by atoms with Crippen molar-refractivity contribution in [3.8, 4) is 11.5 Å². The number of phenols is 1. The van der Waals surface area contributed by atoms with Gasteiger partial charge in [-0.25, -0.2) is 0 Å². The molecule has 1 aromatic carbocycles. The number of benzene rings is 1. The zero-order chi connectivity index (χ0) is 11.4. The highest BCUT2D eigenvalue weighted by Crippen LogP contribution is 2.31. The topological polar surface area (TPSA) is 72.5 Å². The molecule has 0 fully saturated rings. The fourth-order valence-corrected chi connectivity index (χ4v) is 1.37. The molecule has 15 heavy (non-hydrogen) atoms. The summed E-state index contributed by atoms with van der Waals surface area (Å²) in [4.78, 5) is 11.7. The number of aryl methyl sites for hydroxylation is 1. The summed E-state index contributed by atoms with van der Waals surface area (Å²) in [6, 6.07) is 3.37. The Morgan fingerprint density at radius 3 is 2.73 bits per heavy atom. The Morgan fingerprint density at radius 1 is 1.53 bits per heavy atom. The van der Waals surface area contributed by atoms with Gasteiger partial charge in [0.05, 0.1) is 7.11 Å². The van der Waals surface area contributed by atoms with Gasteiger partial charge >= 0.3 is 0 Å². The molecule has 1 rings (SSSR count). The number of nitrogens with two attached hydrogens (primary N) is 1. The Hall–Kier alpha value is -1.55. The van der Waals surface area contributed by atoms with E-state index in [2.05, 4.69) is 0 Å². The number of ketones is 1. The first-order valence-electron chi connectivity index (χ1n) is 4.71. The van der Waals surface area contributed by atoms with Crippen molar-refractivity contribution < 1.29 is 14.6 Å². The van der Waals surface area contributed by atoms with Gasteiger partial charge in [0, 0.05) is 6.42 Å². The first kappa shape index (κ1) is 11.5. The number of phenolic OH excluding ortho intramolecular Hbond substituents is 1. The molecule has 0 aliphatic heterocycles. The number of aromatic hydroxyl groups is 1. The molecule has 0 aromatic heterocycles. The highest BCUT2D eigenvalue weighted by atomic mass is 16.5. The third-order valence-corrected chi connectivity index (χ3v) is 2.21. The summed E-state index contributed by atoms with van der Waals surface area (Å²) in [5.41, 5.74) is 6.18. The standard InChI is InChI=1S/C11H15NO3/c1-7-3-4-9(15-2)10(11(7)14)8(13)5-6-12/h3-4,14H,5-6,12H2,1-2H3. The van der Waals surface area contributed by atoms with Crippen LogP contribution in [0.25, 0.3) is 0 Å². The van der Waals surface area contributed by atoms with Crippen LogP contribution in [0.3, 0.4) is 0 Å². The molecular formula is C11H15NO3. The zero-order valence-corrected chi connectivity index (χ0v) is 8.91. The summed E-state index contributed by atoms with van der Waals surface area (Å²) < 4.78 is 5.03. The zero-order valence-electron chi connectivity index (χ0n) is 8.91. The number of Topliss-reactive ketones (excluding diaryl/α,β-unsaturated/α-hetero) is 1. The minimum Gasteiger partial charge on any atom is -0.507 e. The SMILES string of the molecule is COc1ccc(C)c(O)c1C(=O)CCN. The smallest absolute Gasteiger partial charge is 0.171 e. The molecule has 0 saturated heterocycles. The Bertz CT molecular complexity index is 374. The van der Waals surface area contributed by atoms with Crippen molar-refractivity contribution in [1.29, 1.82) is 0 Å². The van der Waals surface area contributed by atoms with Gasteiger partial charge < -0.3 is 15.6 Å². The molecule has 0 aliphatic rings. The molecule has 0 aliphatic carbocycles. The lowest BCUT2D eigenvalue weighted by atomic mass is 10.0. The fourth-order valence-electron chi connectivity index (χ4n) is 1.37. The number of carbonyl (C=O) groups is 1. The van der Waals surface area contributed by atoms with Gasteiger partial charge in [-0.05, 0) is 25.1 Å². The van der Waals surface area contributed by atoms with Gasteiger partial charge in [0.15, 0.2) is 5.78 Å². The predicted molar refractivity (Wildman–Crippen MR) is 57.4 cm³/mol. The van der Waals surface area contributed by atoms with Gasteiger partial charge in [0.1, 0.15) is 17.1 Å². The normalized spacial score (nSPS) is 10.1. The van der Waals surface area contributed by atoms with Crippen molar-refractivity contribution in [1.82, 2.24) is 0 Å². The Labute approximate surface area is 88.7 Å². The molecule has 0 spiro atoms. The number of methoxy groups -OCH3 is 1. The van der Waals surface area contributed by atoms with E-state index in [0.717, 1.165) is 0 Å². The second-order valence-electron chi connectivity index (χ2n) is 3.27. The van der Waals surface area contributed by atoms with Crippen LogP contribution in [-0.2, 0) is 0 Å². The molecule has 0 atom stereocenters. The van der Waals surface area contributed by atoms with E-state index in [1.807, 2.05) is 0 Å². The van der Waals surface area contributed by atoms with Crippen LogP contribution in [0, 0.1) is 6.92 Å². The maximum absolute atomic E-state index is 11.7. The van der Waals surface area contributed by atoms with Crippen LogP contribution in [0.15, 0.2) is 12.1 Å². The number of hydrogen-bond acceptors (Lipinski definition) is 4. The number of carbonyl (C=O) groups excluding carboxylic acids is 1. The lowest BCUT2D eigenvalue weighted by molar-refractivity contribution is 0.0979. The van der Waals surface area contributed by atoms with Crippen molar-refractivity contribution in [2.45, 2.75) is 13.3 Å². The largest absolute Gasteiger partial charge is 0.507 e. The minimum atomic E-state index is -0.199. The Morgan fingerprint density at radius 2 is 2.20 bits per heavy atom. The molecule has 3 N–H and O–H groups in total. The quantitative estimate of drug-likeness (QED) is 0.732. The fraction of sp³-hybridized carbons (Fsp3) is 0.364. The number of ether oxygens (including phenoxy) is 1. The van der Waals surface area contributed by atoms with Crippen LogP contribution in [0.2, 0.25) is 0 Å². The van der Waals surface area contributed by atoms with E-state index in [1.165, 1.54) is 7.11 Å². The van der Waals surface area contributed by atoms with Gasteiger partial charge in [0.2, 0.25) is 0 Å². The molecule has 0 amide bonds. The predicted octanol–water partition coefficient (Wildman–Crippen LogP) is 1.24. The van der Waals surface area contributed by atoms with E-state index >= 15 is 0 Å². The van der Waals surface area contributed by atoms with Crippen molar-refractivity contribution in [2.75, 3.05) is 13.7 Å². The van der Waals surface area contributed by atoms with E-state index in [9.17, 15) is 9.90 Å². The highest BCUT2D eigenvalue weighted by molar-refractivity contribution is 6.01. The van der Waals surface area contributed by atoms with Crippen LogP contribution < -0.4 is 10.5 Å². The van der Waals surface area contributed by atoms with E-state index in [-0.39, 0.29) is 30.1 Å².